The summed E-state index contributed by atoms with van der Waals surface area (Å²) in [7, 11) is 0. The summed E-state index contributed by atoms with van der Waals surface area (Å²) in [5.74, 6) is -3.92. The number of nitrogens with one attached hydrogen (secondary N) is 2. The Labute approximate surface area is 125 Å². The van der Waals surface area contributed by atoms with Gasteiger partial charge in [0.2, 0.25) is 5.91 Å². The lowest BCUT2D eigenvalue weighted by atomic mass is 10.2. The number of carbonyl (C=O) groups is 1. The SMILES string of the molecule is O=C(Nc1ccc(Nc2ccc(F)c(F)c2F)cc1)C1CC1. The van der Waals surface area contributed by atoms with Gasteiger partial charge in [0.15, 0.2) is 17.5 Å². The Morgan fingerprint density at radius 1 is 0.909 bits per heavy atom. The van der Waals surface area contributed by atoms with Crippen molar-refractivity contribution < 1.29 is 18.0 Å². The van der Waals surface area contributed by atoms with Gasteiger partial charge in [-0.25, -0.2) is 13.2 Å². The molecular formula is C16H13F3N2O. The van der Waals surface area contributed by atoms with Crippen LogP contribution in [0.1, 0.15) is 12.8 Å². The number of halogens is 3. The molecule has 1 saturated carbocycles. The van der Waals surface area contributed by atoms with E-state index in [-0.39, 0.29) is 17.5 Å². The summed E-state index contributed by atoms with van der Waals surface area (Å²) in [6, 6.07) is 8.51. The third kappa shape index (κ3) is 3.05. The minimum absolute atomic E-state index is 0.00707. The van der Waals surface area contributed by atoms with Gasteiger partial charge in [0, 0.05) is 17.3 Å². The lowest BCUT2D eigenvalue weighted by Crippen LogP contribution is -2.13. The van der Waals surface area contributed by atoms with Crippen molar-refractivity contribution in [1.29, 1.82) is 0 Å². The van der Waals surface area contributed by atoms with Gasteiger partial charge >= 0.3 is 0 Å². The van der Waals surface area contributed by atoms with Gasteiger partial charge in [-0.3, -0.25) is 4.79 Å². The van der Waals surface area contributed by atoms with E-state index in [9.17, 15) is 18.0 Å². The van der Waals surface area contributed by atoms with E-state index in [1.807, 2.05) is 0 Å². The second kappa shape index (κ2) is 5.71. The third-order valence-corrected chi connectivity index (χ3v) is 3.41. The molecule has 0 radical (unpaired) electrons. The molecule has 22 heavy (non-hydrogen) atoms. The highest BCUT2D eigenvalue weighted by molar-refractivity contribution is 5.94. The van der Waals surface area contributed by atoms with Crippen molar-refractivity contribution in [2.45, 2.75) is 12.8 Å². The number of rotatable bonds is 4. The summed E-state index contributed by atoms with van der Waals surface area (Å²) < 4.78 is 39.6. The van der Waals surface area contributed by atoms with E-state index in [4.69, 9.17) is 0 Å². The fourth-order valence-corrected chi connectivity index (χ4v) is 2.00. The van der Waals surface area contributed by atoms with E-state index in [2.05, 4.69) is 10.6 Å². The minimum atomic E-state index is -1.52. The number of carbonyl (C=O) groups excluding carboxylic acids is 1. The fraction of sp³-hybridized carbons (Fsp3) is 0.188. The summed E-state index contributed by atoms with van der Waals surface area (Å²) in [4.78, 5) is 11.6. The molecule has 114 valence electrons. The molecule has 0 aromatic heterocycles. The first-order valence-corrected chi connectivity index (χ1v) is 6.86. The van der Waals surface area contributed by atoms with Crippen LogP contribution in [0.4, 0.5) is 30.2 Å². The highest BCUT2D eigenvalue weighted by Crippen LogP contribution is 2.30. The summed E-state index contributed by atoms with van der Waals surface area (Å²) in [5, 5.41) is 5.43. The predicted octanol–water partition coefficient (Wildman–Crippen LogP) is 4.20. The third-order valence-electron chi connectivity index (χ3n) is 3.41. The number of anilines is 3. The molecule has 1 aliphatic carbocycles. The Kier molecular flexibility index (Phi) is 3.75. The quantitative estimate of drug-likeness (QED) is 0.831. The Balaban J connectivity index is 1.70. The van der Waals surface area contributed by atoms with Crippen LogP contribution in [0.2, 0.25) is 0 Å². The second-order valence-electron chi connectivity index (χ2n) is 5.19. The Morgan fingerprint density at radius 2 is 1.55 bits per heavy atom. The zero-order valence-electron chi connectivity index (χ0n) is 11.5. The molecule has 0 spiro atoms. The van der Waals surface area contributed by atoms with Crippen molar-refractivity contribution in [3.8, 4) is 0 Å². The molecule has 1 aliphatic rings. The van der Waals surface area contributed by atoms with Crippen molar-refractivity contribution in [3.63, 3.8) is 0 Å². The van der Waals surface area contributed by atoms with Crippen LogP contribution in [-0.4, -0.2) is 5.91 Å². The lowest BCUT2D eigenvalue weighted by molar-refractivity contribution is -0.117. The molecule has 0 saturated heterocycles. The van der Waals surface area contributed by atoms with Crippen molar-refractivity contribution in [2.24, 2.45) is 5.92 Å². The highest BCUT2D eigenvalue weighted by atomic mass is 19.2. The molecule has 2 N–H and O–H groups in total. The van der Waals surface area contributed by atoms with Crippen LogP contribution in [-0.2, 0) is 4.79 Å². The van der Waals surface area contributed by atoms with Gasteiger partial charge in [0.1, 0.15) is 0 Å². The molecule has 0 aliphatic heterocycles. The van der Waals surface area contributed by atoms with Crippen molar-refractivity contribution in [2.75, 3.05) is 10.6 Å². The first kappa shape index (κ1) is 14.4. The summed E-state index contributed by atoms with van der Waals surface area (Å²) in [6.07, 6.45) is 1.84. The van der Waals surface area contributed by atoms with Crippen LogP contribution in [0.5, 0.6) is 0 Å². The molecule has 1 fully saturated rings. The molecule has 0 heterocycles. The highest BCUT2D eigenvalue weighted by Gasteiger charge is 2.29. The summed E-state index contributed by atoms with van der Waals surface area (Å²) in [6.45, 7) is 0. The molecule has 1 amide bonds. The van der Waals surface area contributed by atoms with Gasteiger partial charge in [-0.15, -0.1) is 0 Å². The van der Waals surface area contributed by atoms with Crippen molar-refractivity contribution in [1.82, 2.24) is 0 Å². The molecular weight excluding hydrogens is 293 g/mol. The molecule has 3 nitrogen and oxygen atoms in total. The number of hydrogen-bond acceptors (Lipinski definition) is 2. The Morgan fingerprint density at radius 3 is 2.18 bits per heavy atom. The number of hydrogen-bond donors (Lipinski definition) is 2. The molecule has 3 rings (SSSR count). The normalized spacial score (nSPS) is 13.8. The van der Waals surface area contributed by atoms with E-state index >= 15 is 0 Å². The molecule has 0 bridgehead atoms. The van der Waals surface area contributed by atoms with Crippen LogP contribution >= 0.6 is 0 Å². The average Bonchev–Trinajstić information content (AvgIpc) is 3.34. The molecule has 6 heteroatoms. The number of benzene rings is 2. The smallest absolute Gasteiger partial charge is 0.227 e. The van der Waals surface area contributed by atoms with E-state index in [0.29, 0.717) is 11.4 Å². The van der Waals surface area contributed by atoms with Crippen LogP contribution in [0.25, 0.3) is 0 Å². The monoisotopic (exact) mass is 306 g/mol. The standard InChI is InChI=1S/C16H13F3N2O/c17-12-7-8-13(15(19)14(12)18)20-10-3-5-11(6-4-10)21-16(22)9-1-2-9/h3-9,20H,1-2H2,(H,21,22). The van der Waals surface area contributed by atoms with Crippen molar-refractivity contribution in [3.05, 3.63) is 53.8 Å². The predicted molar refractivity (Wildman–Crippen MR) is 77.4 cm³/mol. The van der Waals surface area contributed by atoms with E-state index in [0.717, 1.165) is 25.0 Å². The maximum absolute atomic E-state index is 13.6. The lowest BCUT2D eigenvalue weighted by Gasteiger charge is -2.10. The Bertz CT molecular complexity index is 712. The van der Waals surface area contributed by atoms with E-state index in [1.165, 1.54) is 0 Å². The van der Waals surface area contributed by atoms with Crippen LogP contribution < -0.4 is 10.6 Å². The van der Waals surface area contributed by atoms with Crippen molar-refractivity contribution >= 4 is 23.0 Å². The Hall–Kier alpha value is -2.50. The van der Waals surface area contributed by atoms with Crippen LogP contribution in [0, 0.1) is 23.4 Å². The average molecular weight is 306 g/mol. The van der Waals surface area contributed by atoms with Gasteiger partial charge in [-0.2, -0.15) is 0 Å². The van der Waals surface area contributed by atoms with Gasteiger partial charge in [0.05, 0.1) is 5.69 Å². The summed E-state index contributed by atoms with van der Waals surface area (Å²) in [5.41, 5.74) is 0.969. The maximum Gasteiger partial charge on any atom is 0.227 e. The molecule has 2 aromatic rings. The first-order chi connectivity index (χ1) is 10.5. The topological polar surface area (TPSA) is 41.1 Å². The zero-order valence-corrected chi connectivity index (χ0v) is 11.5. The second-order valence-corrected chi connectivity index (χ2v) is 5.19. The van der Waals surface area contributed by atoms with Crippen LogP contribution in [0.3, 0.4) is 0 Å². The number of amides is 1. The van der Waals surface area contributed by atoms with Crippen LogP contribution in [0.15, 0.2) is 36.4 Å². The maximum atomic E-state index is 13.6. The molecule has 0 unspecified atom stereocenters. The zero-order chi connectivity index (χ0) is 15.7. The first-order valence-electron chi connectivity index (χ1n) is 6.86. The fourth-order valence-electron chi connectivity index (χ4n) is 2.00. The van der Waals surface area contributed by atoms with Gasteiger partial charge in [-0.05, 0) is 49.2 Å². The van der Waals surface area contributed by atoms with E-state index < -0.39 is 17.5 Å². The largest absolute Gasteiger partial charge is 0.353 e. The minimum Gasteiger partial charge on any atom is -0.353 e. The van der Waals surface area contributed by atoms with E-state index in [1.54, 1.807) is 24.3 Å². The molecule has 0 atom stereocenters. The summed E-state index contributed by atoms with van der Waals surface area (Å²) >= 11 is 0. The molecule has 2 aromatic carbocycles. The van der Waals surface area contributed by atoms with Gasteiger partial charge in [-0.1, -0.05) is 0 Å². The van der Waals surface area contributed by atoms with Gasteiger partial charge < -0.3 is 10.6 Å². The van der Waals surface area contributed by atoms with Gasteiger partial charge in [0.25, 0.3) is 0 Å².